The van der Waals surface area contributed by atoms with Crippen LogP contribution in [0.1, 0.15) is 36.5 Å². The lowest BCUT2D eigenvalue weighted by atomic mass is 10.2. The van der Waals surface area contributed by atoms with Crippen LogP contribution < -0.4 is 10.9 Å². The van der Waals surface area contributed by atoms with Crippen LogP contribution in [0.3, 0.4) is 0 Å². The SMILES string of the molecule is CCCCC(=O)NNC(=O)c1cccc(F)c1. The fourth-order valence-corrected chi connectivity index (χ4v) is 1.23. The van der Waals surface area contributed by atoms with Gasteiger partial charge in [-0.2, -0.15) is 0 Å². The Bertz CT molecular complexity index is 407. The van der Waals surface area contributed by atoms with Crippen molar-refractivity contribution in [1.29, 1.82) is 0 Å². The summed E-state index contributed by atoms with van der Waals surface area (Å²) in [6.45, 7) is 1.97. The standard InChI is InChI=1S/C12H15FN2O2/c1-2-3-7-11(16)14-15-12(17)9-5-4-6-10(13)8-9/h4-6,8H,2-3,7H2,1H3,(H,14,16)(H,15,17). The molecule has 1 aromatic carbocycles. The predicted octanol–water partition coefficient (Wildman–Crippen LogP) is 1.78. The van der Waals surface area contributed by atoms with Gasteiger partial charge >= 0.3 is 0 Å². The maximum absolute atomic E-state index is 12.8. The minimum absolute atomic E-state index is 0.167. The normalized spacial score (nSPS) is 9.76. The summed E-state index contributed by atoms with van der Waals surface area (Å²) in [6, 6.07) is 5.25. The minimum Gasteiger partial charge on any atom is -0.273 e. The van der Waals surface area contributed by atoms with E-state index in [1.54, 1.807) is 0 Å². The number of rotatable bonds is 4. The molecule has 0 unspecified atom stereocenters. The molecule has 0 aliphatic rings. The highest BCUT2D eigenvalue weighted by atomic mass is 19.1. The van der Waals surface area contributed by atoms with E-state index >= 15 is 0 Å². The zero-order chi connectivity index (χ0) is 12.7. The lowest BCUT2D eigenvalue weighted by Gasteiger charge is -2.06. The van der Waals surface area contributed by atoms with E-state index in [1.807, 2.05) is 6.92 Å². The third-order valence-electron chi connectivity index (χ3n) is 2.16. The van der Waals surface area contributed by atoms with Gasteiger partial charge in [-0.05, 0) is 24.6 Å². The summed E-state index contributed by atoms with van der Waals surface area (Å²) in [4.78, 5) is 22.7. The average molecular weight is 238 g/mol. The summed E-state index contributed by atoms with van der Waals surface area (Å²) >= 11 is 0. The summed E-state index contributed by atoms with van der Waals surface area (Å²) < 4.78 is 12.8. The van der Waals surface area contributed by atoms with Gasteiger partial charge in [0, 0.05) is 12.0 Å². The molecule has 1 aromatic rings. The third kappa shape index (κ3) is 4.63. The van der Waals surface area contributed by atoms with Crippen LogP contribution in [0.4, 0.5) is 4.39 Å². The number of hydrazine groups is 1. The summed E-state index contributed by atoms with van der Waals surface area (Å²) in [5.41, 5.74) is 4.67. The van der Waals surface area contributed by atoms with Crippen molar-refractivity contribution < 1.29 is 14.0 Å². The molecule has 0 aromatic heterocycles. The van der Waals surface area contributed by atoms with E-state index in [4.69, 9.17) is 0 Å². The Labute approximate surface area is 99.2 Å². The molecule has 2 amide bonds. The van der Waals surface area contributed by atoms with Gasteiger partial charge in [0.05, 0.1) is 0 Å². The van der Waals surface area contributed by atoms with Crippen LogP contribution in [-0.4, -0.2) is 11.8 Å². The maximum atomic E-state index is 12.8. The highest BCUT2D eigenvalue weighted by molar-refractivity contribution is 5.95. The van der Waals surface area contributed by atoms with E-state index in [9.17, 15) is 14.0 Å². The molecule has 0 saturated heterocycles. The number of amides is 2. The summed E-state index contributed by atoms with van der Waals surface area (Å²) in [7, 11) is 0. The van der Waals surface area contributed by atoms with E-state index in [0.717, 1.165) is 18.9 Å². The molecule has 0 aliphatic carbocycles. The van der Waals surface area contributed by atoms with Gasteiger partial charge in [0.1, 0.15) is 5.82 Å². The number of carbonyl (C=O) groups excluding carboxylic acids is 2. The Balaban J connectivity index is 2.42. The lowest BCUT2D eigenvalue weighted by Crippen LogP contribution is -2.41. The van der Waals surface area contributed by atoms with Gasteiger partial charge in [0.25, 0.3) is 5.91 Å². The maximum Gasteiger partial charge on any atom is 0.269 e. The van der Waals surface area contributed by atoms with Gasteiger partial charge in [-0.15, -0.1) is 0 Å². The molecule has 0 atom stereocenters. The van der Waals surface area contributed by atoms with Crippen molar-refractivity contribution >= 4 is 11.8 Å². The number of unbranched alkanes of at least 4 members (excludes halogenated alkanes) is 1. The monoisotopic (exact) mass is 238 g/mol. The van der Waals surface area contributed by atoms with Crippen molar-refractivity contribution in [3.05, 3.63) is 35.6 Å². The minimum atomic E-state index is -0.533. The molecule has 2 N–H and O–H groups in total. The number of halogens is 1. The third-order valence-corrected chi connectivity index (χ3v) is 2.16. The lowest BCUT2D eigenvalue weighted by molar-refractivity contribution is -0.121. The number of benzene rings is 1. The van der Waals surface area contributed by atoms with Crippen molar-refractivity contribution in [3.8, 4) is 0 Å². The summed E-state index contributed by atoms with van der Waals surface area (Å²) in [5.74, 6) is -1.28. The van der Waals surface area contributed by atoms with E-state index in [2.05, 4.69) is 10.9 Å². The highest BCUT2D eigenvalue weighted by Gasteiger charge is 2.07. The van der Waals surface area contributed by atoms with Crippen LogP contribution in [0.2, 0.25) is 0 Å². The Morgan fingerprint density at radius 3 is 2.71 bits per heavy atom. The first-order valence-corrected chi connectivity index (χ1v) is 5.48. The molecular weight excluding hydrogens is 223 g/mol. The van der Waals surface area contributed by atoms with Gasteiger partial charge in [0.15, 0.2) is 0 Å². The molecule has 92 valence electrons. The first-order valence-electron chi connectivity index (χ1n) is 5.48. The predicted molar refractivity (Wildman–Crippen MR) is 61.5 cm³/mol. The van der Waals surface area contributed by atoms with E-state index in [1.165, 1.54) is 18.2 Å². The van der Waals surface area contributed by atoms with Crippen LogP contribution >= 0.6 is 0 Å². The second-order valence-electron chi connectivity index (χ2n) is 3.62. The van der Waals surface area contributed by atoms with Crippen LogP contribution in [0.15, 0.2) is 24.3 Å². The Kier molecular flexibility index (Phi) is 5.13. The Hall–Kier alpha value is -1.91. The topological polar surface area (TPSA) is 58.2 Å². The zero-order valence-electron chi connectivity index (χ0n) is 9.63. The van der Waals surface area contributed by atoms with Crippen molar-refractivity contribution in [2.75, 3.05) is 0 Å². The molecule has 0 radical (unpaired) electrons. The molecule has 0 spiro atoms. The molecule has 1 rings (SSSR count). The second-order valence-corrected chi connectivity index (χ2v) is 3.62. The highest BCUT2D eigenvalue weighted by Crippen LogP contribution is 2.02. The van der Waals surface area contributed by atoms with Crippen LogP contribution in [-0.2, 0) is 4.79 Å². The number of carbonyl (C=O) groups is 2. The first-order chi connectivity index (χ1) is 8.13. The van der Waals surface area contributed by atoms with E-state index in [0.29, 0.717) is 6.42 Å². The average Bonchev–Trinajstić information content (AvgIpc) is 2.33. The van der Waals surface area contributed by atoms with Gasteiger partial charge in [0.2, 0.25) is 5.91 Å². The molecule has 0 fully saturated rings. The molecular formula is C12H15FN2O2. The van der Waals surface area contributed by atoms with Gasteiger partial charge in [-0.25, -0.2) is 4.39 Å². The molecule has 17 heavy (non-hydrogen) atoms. The largest absolute Gasteiger partial charge is 0.273 e. The fraction of sp³-hybridized carbons (Fsp3) is 0.333. The number of nitrogens with one attached hydrogen (secondary N) is 2. The zero-order valence-corrected chi connectivity index (χ0v) is 9.63. The van der Waals surface area contributed by atoms with Crippen molar-refractivity contribution in [2.24, 2.45) is 0 Å². The molecule has 4 nitrogen and oxygen atoms in total. The fourth-order valence-electron chi connectivity index (χ4n) is 1.23. The van der Waals surface area contributed by atoms with E-state index in [-0.39, 0.29) is 11.5 Å². The van der Waals surface area contributed by atoms with E-state index < -0.39 is 11.7 Å². The summed E-state index contributed by atoms with van der Waals surface area (Å²) in [6.07, 6.45) is 2.03. The number of hydrogen-bond acceptors (Lipinski definition) is 2. The quantitative estimate of drug-likeness (QED) is 0.785. The van der Waals surface area contributed by atoms with Gasteiger partial charge < -0.3 is 0 Å². The summed E-state index contributed by atoms with van der Waals surface area (Å²) in [5, 5.41) is 0. The van der Waals surface area contributed by atoms with Crippen molar-refractivity contribution in [3.63, 3.8) is 0 Å². The van der Waals surface area contributed by atoms with Gasteiger partial charge in [-0.1, -0.05) is 19.4 Å². The van der Waals surface area contributed by atoms with Gasteiger partial charge in [-0.3, -0.25) is 20.4 Å². The first kappa shape index (κ1) is 13.2. The van der Waals surface area contributed by atoms with Crippen LogP contribution in [0.25, 0.3) is 0 Å². The molecule has 0 heterocycles. The smallest absolute Gasteiger partial charge is 0.269 e. The molecule has 0 saturated carbocycles. The second kappa shape index (κ2) is 6.62. The molecule has 0 bridgehead atoms. The Morgan fingerprint density at radius 2 is 2.06 bits per heavy atom. The Morgan fingerprint density at radius 1 is 1.29 bits per heavy atom. The molecule has 0 aliphatic heterocycles. The van der Waals surface area contributed by atoms with Crippen LogP contribution in [0.5, 0.6) is 0 Å². The van der Waals surface area contributed by atoms with Crippen molar-refractivity contribution in [1.82, 2.24) is 10.9 Å². The number of hydrogen-bond donors (Lipinski definition) is 2. The molecule has 5 heteroatoms. The van der Waals surface area contributed by atoms with Crippen molar-refractivity contribution in [2.45, 2.75) is 26.2 Å². The van der Waals surface area contributed by atoms with Crippen LogP contribution in [0, 0.1) is 5.82 Å².